The van der Waals surface area contributed by atoms with Gasteiger partial charge in [0.1, 0.15) is 5.01 Å². The van der Waals surface area contributed by atoms with E-state index in [4.69, 9.17) is 5.11 Å². The van der Waals surface area contributed by atoms with Crippen molar-refractivity contribution in [2.45, 2.75) is 32.6 Å². The Bertz CT molecular complexity index is 474. The lowest BCUT2D eigenvalue weighted by Crippen LogP contribution is -2.34. The Kier molecular flexibility index (Phi) is 5.86. The zero-order chi connectivity index (χ0) is 14.3. The number of carboxylic acid groups (broad SMARTS) is 1. The summed E-state index contributed by atoms with van der Waals surface area (Å²) in [5.74, 6) is -1.35. The minimum Gasteiger partial charge on any atom is -0.481 e. The van der Waals surface area contributed by atoms with Gasteiger partial charge in [0.2, 0.25) is 11.0 Å². The monoisotopic (exact) mass is 286 g/mol. The smallest absolute Gasteiger partial charge is 0.327 e. The summed E-state index contributed by atoms with van der Waals surface area (Å²) in [5.41, 5.74) is 0. The molecule has 0 atom stereocenters. The summed E-state index contributed by atoms with van der Waals surface area (Å²) >= 11 is 1.20. The first-order valence-corrected chi connectivity index (χ1v) is 6.42. The van der Waals surface area contributed by atoms with E-state index in [2.05, 4.69) is 20.8 Å². The van der Waals surface area contributed by atoms with Crippen LogP contribution in [-0.4, -0.2) is 33.2 Å². The van der Waals surface area contributed by atoms with E-state index in [1.807, 2.05) is 0 Å². The van der Waals surface area contributed by atoms with Crippen molar-refractivity contribution in [3.05, 3.63) is 5.01 Å². The number of unbranched alkanes of at least 4 members (excludes halogenated alkanes) is 1. The number of aryl methyl sites for hydroxylation is 1. The molecule has 3 amide bonds. The van der Waals surface area contributed by atoms with Gasteiger partial charge in [-0.15, -0.1) is 10.2 Å². The molecule has 0 saturated carbocycles. The van der Waals surface area contributed by atoms with Gasteiger partial charge in [0.25, 0.3) is 0 Å². The van der Waals surface area contributed by atoms with Gasteiger partial charge in [0, 0.05) is 12.8 Å². The maximum Gasteiger partial charge on any atom is 0.327 e. The van der Waals surface area contributed by atoms with E-state index in [1.165, 1.54) is 11.3 Å². The highest BCUT2D eigenvalue weighted by Gasteiger charge is 2.10. The Labute approximate surface area is 113 Å². The minimum absolute atomic E-state index is 0.0174. The third-order valence-corrected chi connectivity index (χ3v) is 2.80. The third kappa shape index (κ3) is 6.46. The van der Waals surface area contributed by atoms with E-state index >= 15 is 0 Å². The van der Waals surface area contributed by atoms with Crippen molar-refractivity contribution in [3.63, 3.8) is 0 Å². The van der Waals surface area contributed by atoms with Crippen LogP contribution in [0.5, 0.6) is 0 Å². The normalized spacial score (nSPS) is 9.95. The number of hydrogen-bond acceptors (Lipinski definition) is 6. The summed E-state index contributed by atoms with van der Waals surface area (Å²) < 4.78 is 0. The number of amides is 3. The molecule has 0 saturated heterocycles. The van der Waals surface area contributed by atoms with Crippen molar-refractivity contribution in [1.29, 1.82) is 0 Å². The van der Waals surface area contributed by atoms with Crippen LogP contribution in [-0.2, 0) is 9.59 Å². The van der Waals surface area contributed by atoms with Gasteiger partial charge in [-0.05, 0) is 19.8 Å². The van der Waals surface area contributed by atoms with Gasteiger partial charge in [0.05, 0.1) is 0 Å². The van der Waals surface area contributed by atoms with Crippen LogP contribution in [0.25, 0.3) is 0 Å². The van der Waals surface area contributed by atoms with Gasteiger partial charge >= 0.3 is 12.0 Å². The van der Waals surface area contributed by atoms with Crippen molar-refractivity contribution in [1.82, 2.24) is 15.5 Å². The van der Waals surface area contributed by atoms with Crippen LogP contribution in [0.4, 0.5) is 9.93 Å². The number of carboxylic acids is 1. The van der Waals surface area contributed by atoms with Crippen molar-refractivity contribution < 1.29 is 19.5 Å². The first-order chi connectivity index (χ1) is 8.97. The molecule has 1 rings (SSSR count). The Morgan fingerprint density at radius 1 is 1.21 bits per heavy atom. The molecule has 0 spiro atoms. The molecule has 19 heavy (non-hydrogen) atoms. The quantitative estimate of drug-likeness (QED) is 0.674. The SMILES string of the molecule is Cc1nnc(NC(=O)NC(=O)CCCCC(=O)O)s1. The van der Waals surface area contributed by atoms with Crippen molar-refractivity contribution in [2.24, 2.45) is 0 Å². The summed E-state index contributed by atoms with van der Waals surface area (Å²) in [6, 6.07) is -0.667. The number of aliphatic carboxylic acids is 1. The molecule has 1 heterocycles. The number of urea groups is 1. The fourth-order valence-electron chi connectivity index (χ4n) is 1.23. The molecule has 9 heteroatoms. The van der Waals surface area contributed by atoms with Gasteiger partial charge in [-0.3, -0.25) is 20.2 Å². The van der Waals surface area contributed by atoms with E-state index < -0.39 is 17.9 Å². The second-order valence-corrected chi connectivity index (χ2v) is 4.91. The van der Waals surface area contributed by atoms with E-state index in [1.54, 1.807) is 6.92 Å². The lowest BCUT2D eigenvalue weighted by atomic mass is 10.2. The molecule has 1 aromatic heterocycles. The summed E-state index contributed by atoms with van der Waals surface area (Å²) in [5, 5.41) is 21.3. The Morgan fingerprint density at radius 3 is 2.47 bits per heavy atom. The van der Waals surface area contributed by atoms with Crippen LogP contribution in [0, 0.1) is 6.92 Å². The summed E-state index contributed by atoms with van der Waals surface area (Å²) in [6.45, 7) is 1.74. The van der Waals surface area contributed by atoms with Crippen LogP contribution in [0.1, 0.15) is 30.7 Å². The molecule has 0 fully saturated rings. The van der Waals surface area contributed by atoms with Crippen molar-refractivity contribution in [2.75, 3.05) is 5.32 Å². The van der Waals surface area contributed by atoms with E-state index in [-0.39, 0.29) is 12.8 Å². The number of hydrogen-bond donors (Lipinski definition) is 3. The molecule has 0 radical (unpaired) electrons. The molecule has 0 aliphatic heterocycles. The molecule has 104 valence electrons. The average Bonchev–Trinajstić information content (AvgIpc) is 2.69. The lowest BCUT2D eigenvalue weighted by Gasteiger charge is -2.03. The number of aromatic nitrogens is 2. The molecule has 0 aliphatic carbocycles. The van der Waals surface area contributed by atoms with Crippen molar-refractivity contribution in [3.8, 4) is 0 Å². The van der Waals surface area contributed by atoms with Gasteiger partial charge in [-0.1, -0.05) is 11.3 Å². The highest BCUT2D eigenvalue weighted by Crippen LogP contribution is 2.13. The summed E-state index contributed by atoms with van der Waals surface area (Å²) in [4.78, 5) is 33.0. The third-order valence-electron chi connectivity index (χ3n) is 2.04. The first-order valence-electron chi connectivity index (χ1n) is 5.60. The summed E-state index contributed by atoms with van der Waals surface area (Å²) in [6.07, 6.45) is 0.947. The molecule has 8 nitrogen and oxygen atoms in total. The first kappa shape index (κ1) is 15.0. The predicted molar refractivity (Wildman–Crippen MR) is 67.9 cm³/mol. The Morgan fingerprint density at radius 2 is 1.89 bits per heavy atom. The molecular weight excluding hydrogens is 272 g/mol. The van der Waals surface area contributed by atoms with Crippen LogP contribution in [0.2, 0.25) is 0 Å². The van der Waals surface area contributed by atoms with Gasteiger partial charge < -0.3 is 5.11 Å². The minimum atomic E-state index is -0.898. The van der Waals surface area contributed by atoms with Gasteiger partial charge in [0.15, 0.2) is 0 Å². The number of anilines is 1. The number of nitrogens with zero attached hydrogens (tertiary/aromatic N) is 2. The predicted octanol–water partition coefficient (Wildman–Crippen LogP) is 1.14. The topological polar surface area (TPSA) is 121 Å². The lowest BCUT2D eigenvalue weighted by molar-refractivity contribution is -0.137. The molecule has 0 bridgehead atoms. The van der Waals surface area contributed by atoms with Crippen LogP contribution in [0.15, 0.2) is 0 Å². The number of carbonyl (C=O) groups excluding carboxylic acids is 2. The number of imide groups is 1. The molecule has 0 unspecified atom stereocenters. The Hall–Kier alpha value is -2.03. The second kappa shape index (κ2) is 7.41. The molecule has 0 aromatic carbocycles. The maximum atomic E-state index is 11.4. The number of carbonyl (C=O) groups is 3. The maximum absolute atomic E-state index is 11.4. The fraction of sp³-hybridized carbons (Fsp3) is 0.500. The van der Waals surface area contributed by atoms with Gasteiger partial charge in [-0.25, -0.2) is 4.79 Å². The van der Waals surface area contributed by atoms with Crippen LogP contribution >= 0.6 is 11.3 Å². The standard InChI is InChI=1S/C10H14N4O4S/c1-6-13-14-10(19-6)12-9(18)11-7(15)4-2-3-5-8(16)17/h2-5H2,1H3,(H,16,17)(H2,11,12,14,15,18). The van der Waals surface area contributed by atoms with Crippen molar-refractivity contribution >= 4 is 34.4 Å². The largest absolute Gasteiger partial charge is 0.481 e. The zero-order valence-electron chi connectivity index (χ0n) is 10.3. The molecule has 0 aliphatic rings. The number of rotatable bonds is 6. The molecule has 1 aromatic rings. The average molecular weight is 286 g/mol. The highest BCUT2D eigenvalue weighted by molar-refractivity contribution is 7.15. The fourth-order valence-corrected chi connectivity index (χ4v) is 1.81. The number of nitrogens with one attached hydrogen (secondary N) is 2. The zero-order valence-corrected chi connectivity index (χ0v) is 11.1. The highest BCUT2D eigenvalue weighted by atomic mass is 32.1. The van der Waals surface area contributed by atoms with E-state index in [0.717, 1.165) is 0 Å². The summed E-state index contributed by atoms with van der Waals surface area (Å²) in [7, 11) is 0. The van der Waals surface area contributed by atoms with E-state index in [9.17, 15) is 14.4 Å². The van der Waals surface area contributed by atoms with E-state index in [0.29, 0.717) is 23.0 Å². The molecular formula is C10H14N4O4S. The van der Waals surface area contributed by atoms with Gasteiger partial charge in [-0.2, -0.15) is 0 Å². The van der Waals surface area contributed by atoms with Crippen LogP contribution < -0.4 is 10.6 Å². The van der Waals surface area contributed by atoms with Crippen LogP contribution in [0.3, 0.4) is 0 Å². The Balaban J connectivity index is 2.21. The second-order valence-electron chi connectivity index (χ2n) is 3.73. The molecule has 3 N–H and O–H groups in total.